The standard InChI is InChI=1S/C19H24ClN7/c1-13-24-25-18(27(13)16-6-4-15(20)5-7-16)26-11-8-14(9-12-26)19(22)17(21)3-2-10-23-19/h2-7,10,14,23H,8-9,11-12,21-22H2,1H3. The number of anilines is 1. The highest BCUT2D eigenvalue weighted by molar-refractivity contribution is 6.30. The van der Waals surface area contributed by atoms with Gasteiger partial charge in [-0.2, -0.15) is 0 Å². The molecule has 4 rings (SSSR count). The molecule has 5 N–H and O–H groups in total. The van der Waals surface area contributed by atoms with Crippen LogP contribution in [0.4, 0.5) is 5.95 Å². The Bertz CT molecular complexity index is 878. The van der Waals surface area contributed by atoms with Gasteiger partial charge in [0.2, 0.25) is 5.95 Å². The van der Waals surface area contributed by atoms with E-state index < -0.39 is 5.66 Å². The SMILES string of the molecule is Cc1nnc(N2CCC(C3(N)NC=CC=C3N)CC2)n1-c1ccc(Cl)cc1. The van der Waals surface area contributed by atoms with Gasteiger partial charge in [-0.25, -0.2) is 0 Å². The average molecular weight is 386 g/mol. The molecule has 0 spiro atoms. The highest BCUT2D eigenvalue weighted by Crippen LogP contribution is 2.32. The molecule has 142 valence electrons. The number of nitrogens with zero attached hydrogens (tertiary/aromatic N) is 4. The van der Waals surface area contributed by atoms with Crippen molar-refractivity contribution in [1.82, 2.24) is 20.1 Å². The van der Waals surface area contributed by atoms with E-state index in [-0.39, 0.29) is 5.92 Å². The van der Waals surface area contributed by atoms with Crippen LogP contribution >= 0.6 is 11.6 Å². The molecule has 7 nitrogen and oxygen atoms in total. The summed E-state index contributed by atoms with van der Waals surface area (Å²) in [6.07, 6.45) is 7.45. The maximum Gasteiger partial charge on any atom is 0.231 e. The van der Waals surface area contributed by atoms with Crippen LogP contribution in [0.3, 0.4) is 0 Å². The first-order chi connectivity index (χ1) is 13.0. The summed E-state index contributed by atoms with van der Waals surface area (Å²) in [5, 5.41) is 12.7. The third-order valence-electron chi connectivity index (χ3n) is 5.49. The van der Waals surface area contributed by atoms with Crippen LogP contribution in [0.15, 0.2) is 48.3 Å². The average Bonchev–Trinajstić information content (AvgIpc) is 3.06. The van der Waals surface area contributed by atoms with Crippen LogP contribution in [-0.2, 0) is 0 Å². The second kappa shape index (κ2) is 6.90. The molecule has 1 atom stereocenters. The highest BCUT2D eigenvalue weighted by Gasteiger charge is 2.40. The van der Waals surface area contributed by atoms with Gasteiger partial charge in [-0.15, -0.1) is 10.2 Å². The lowest BCUT2D eigenvalue weighted by atomic mass is 9.81. The van der Waals surface area contributed by atoms with Gasteiger partial charge in [0.15, 0.2) is 0 Å². The van der Waals surface area contributed by atoms with Gasteiger partial charge in [0.05, 0.1) is 5.69 Å². The fourth-order valence-electron chi connectivity index (χ4n) is 3.90. The minimum atomic E-state index is -0.680. The fraction of sp³-hybridized carbons (Fsp3) is 0.368. The molecule has 3 heterocycles. The van der Waals surface area contributed by atoms with Gasteiger partial charge in [-0.05, 0) is 62.4 Å². The summed E-state index contributed by atoms with van der Waals surface area (Å²) in [7, 11) is 0. The number of halogens is 1. The Morgan fingerprint density at radius 2 is 1.89 bits per heavy atom. The van der Waals surface area contributed by atoms with Crippen LogP contribution in [-0.4, -0.2) is 33.5 Å². The number of hydrogen-bond acceptors (Lipinski definition) is 6. The van der Waals surface area contributed by atoms with Crippen molar-refractivity contribution in [2.45, 2.75) is 25.4 Å². The van der Waals surface area contributed by atoms with Gasteiger partial charge in [0, 0.05) is 29.7 Å². The van der Waals surface area contributed by atoms with E-state index in [1.165, 1.54) is 0 Å². The van der Waals surface area contributed by atoms with E-state index in [2.05, 4.69) is 25.0 Å². The Morgan fingerprint density at radius 1 is 1.19 bits per heavy atom. The zero-order chi connectivity index (χ0) is 19.0. The van der Waals surface area contributed by atoms with Crippen molar-refractivity contribution in [2.75, 3.05) is 18.0 Å². The minimum absolute atomic E-state index is 0.253. The van der Waals surface area contributed by atoms with E-state index in [1.807, 2.05) is 49.5 Å². The van der Waals surface area contributed by atoms with Gasteiger partial charge >= 0.3 is 0 Å². The quantitative estimate of drug-likeness (QED) is 0.748. The first-order valence-corrected chi connectivity index (χ1v) is 9.49. The van der Waals surface area contributed by atoms with E-state index in [4.69, 9.17) is 23.1 Å². The van der Waals surface area contributed by atoms with E-state index in [0.717, 1.165) is 43.4 Å². The van der Waals surface area contributed by atoms with Crippen molar-refractivity contribution in [3.8, 4) is 5.69 Å². The predicted octanol–water partition coefficient (Wildman–Crippen LogP) is 2.06. The summed E-state index contributed by atoms with van der Waals surface area (Å²) in [5.41, 5.74) is 13.8. The summed E-state index contributed by atoms with van der Waals surface area (Å²) in [5.74, 6) is 1.94. The molecule has 0 saturated carbocycles. The van der Waals surface area contributed by atoms with Crippen LogP contribution in [0, 0.1) is 12.8 Å². The molecule has 0 amide bonds. The van der Waals surface area contributed by atoms with Gasteiger partial charge in [0.25, 0.3) is 0 Å². The van der Waals surface area contributed by atoms with Crippen LogP contribution < -0.4 is 21.7 Å². The monoisotopic (exact) mass is 385 g/mol. The Hall–Kier alpha value is -2.51. The zero-order valence-corrected chi connectivity index (χ0v) is 16.0. The van der Waals surface area contributed by atoms with E-state index in [0.29, 0.717) is 10.7 Å². The fourth-order valence-corrected chi connectivity index (χ4v) is 4.02. The Labute approximate surface area is 163 Å². The normalized spacial score (nSPS) is 23.2. The van der Waals surface area contributed by atoms with Crippen molar-refractivity contribution in [2.24, 2.45) is 17.4 Å². The Balaban J connectivity index is 1.53. The third-order valence-corrected chi connectivity index (χ3v) is 5.74. The second-order valence-electron chi connectivity index (χ2n) is 7.11. The van der Waals surface area contributed by atoms with Crippen LogP contribution in [0.1, 0.15) is 18.7 Å². The van der Waals surface area contributed by atoms with Crippen molar-refractivity contribution < 1.29 is 0 Å². The second-order valence-corrected chi connectivity index (χ2v) is 7.55. The summed E-state index contributed by atoms with van der Waals surface area (Å²) in [6, 6.07) is 7.71. The largest absolute Gasteiger partial charge is 0.399 e. The molecular formula is C19H24ClN7. The summed E-state index contributed by atoms with van der Waals surface area (Å²) < 4.78 is 2.06. The lowest BCUT2D eigenvalue weighted by Gasteiger charge is -2.44. The van der Waals surface area contributed by atoms with Gasteiger partial charge in [-0.1, -0.05) is 11.6 Å². The number of nitrogens with one attached hydrogen (secondary N) is 1. The molecule has 8 heteroatoms. The first kappa shape index (κ1) is 17.9. The molecule has 2 aliphatic heterocycles. The molecule has 1 aromatic heterocycles. The van der Waals surface area contributed by atoms with Crippen molar-refractivity contribution >= 4 is 17.5 Å². The zero-order valence-electron chi connectivity index (χ0n) is 15.3. The number of dihydropyridines is 1. The molecule has 2 aliphatic rings. The van der Waals surface area contributed by atoms with E-state index in [9.17, 15) is 0 Å². The number of aromatic nitrogens is 3. The molecule has 0 aliphatic carbocycles. The Kier molecular flexibility index (Phi) is 4.57. The Morgan fingerprint density at radius 3 is 2.56 bits per heavy atom. The van der Waals surface area contributed by atoms with Gasteiger partial charge in [-0.3, -0.25) is 4.57 Å². The number of allylic oxidation sites excluding steroid dienone is 2. The number of rotatable bonds is 3. The number of aryl methyl sites for hydroxylation is 1. The number of nitrogens with two attached hydrogens (primary N) is 2. The number of piperidine rings is 1. The van der Waals surface area contributed by atoms with Gasteiger partial charge in [0.1, 0.15) is 11.5 Å². The first-order valence-electron chi connectivity index (χ1n) is 9.11. The predicted molar refractivity (Wildman–Crippen MR) is 108 cm³/mol. The van der Waals surface area contributed by atoms with Crippen molar-refractivity contribution in [3.05, 3.63) is 59.2 Å². The molecule has 2 aromatic rings. The van der Waals surface area contributed by atoms with Gasteiger partial charge < -0.3 is 21.7 Å². The molecule has 0 bridgehead atoms. The topological polar surface area (TPSA) is 98.0 Å². The maximum atomic E-state index is 6.58. The molecule has 1 fully saturated rings. The molecule has 27 heavy (non-hydrogen) atoms. The number of benzene rings is 1. The molecule has 1 aromatic carbocycles. The summed E-state index contributed by atoms with van der Waals surface area (Å²) >= 11 is 6.03. The van der Waals surface area contributed by atoms with E-state index in [1.54, 1.807) is 0 Å². The lowest BCUT2D eigenvalue weighted by molar-refractivity contribution is 0.232. The maximum absolute atomic E-state index is 6.58. The molecule has 1 unspecified atom stereocenters. The lowest BCUT2D eigenvalue weighted by Crippen LogP contribution is -2.63. The van der Waals surface area contributed by atoms with Crippen LogP contribution in [0.25, 0.3) is 5.69 Å². The van der Waals surface area contributed by atoms with Crippen LogP contribution in [0.5, 0.6) is 0 Å². The smallest absolute Gasteiger partial charge is 0.231 e. The third kappa shape index (κ3) is 3.17. The molecule has 1 saturated heterocycles. The molecular weight excluding hydrogens is 362 g/mol. The van der Waals surface area contributed by atoms with E-state index >= 15 is 0 Å². The van der Waals surface area contributed by atoms with Crippen LogP contribution in [0.2, 0.25) is 5.02 Å². The number of hydrogen-bond donors (Lipinski definition) is 3. The van der Waals surface area contributed by atoms with Crippen molar-refractivity contribution in [3.63, 3.8) is 0 Å². The highest BCUT2D eigenvalue weighted by atomic mass is 35.5. The van der Waals surface area contributed by atoms with Crippen molar-refractivity contribution in [1.29, 1.82) is 0 Å². The summed E-state index contributed by atoms with van der Waals surface area (Å²) in [4.78, 5) is 2.26. The molecule has 0 radical (unpaired) electrons. The summed E-state index contributed by atoms with van der Waals surface area (Å²) in [6.45, 7) is 3.64. The minimum Gasteiger partial charge on any atom is -0.399 e.